The fraction of sp³-hybridized carbons (Fsp3) is 0.0811. The fourth-order valence-electron chi connectivity index (χ4n) is 5.19. The van der Waals surface area contributed by atoms with E-state index in [-0.39, 0.29) is 18.4 Å². The van der Waals surface area contributed by atoms with Crippen molar-refractivity contribution in [2.75, 3.05) is 0 Å². The molecule has 1 aliphatic rings. The molecule has 206 valence electrons. The van der Waals surface area contributed by atoms with E-state index >= 15 is 0 Å². The molecule has 5 nitrogen and oxygen atoms in total. The second-order valence-corrected chi connectivity index (χ2v) is 10.3. The van der Waals surface area contributed by atoms with Crippen molar-refractivity contribution in [1.29, 1.82) is 5.41 Å². The predicted molar refractivity (Wildman–Crippen MR) is 172 cm³/mol. The summed E-state index contributed by atoms with van der Waals surface area (Å²) in [5, 5.41) is 15.6. The van der Waals surface area contributed by atoms with Gasteiger partial charge in [0, 0.05) is 11.6 Å². The summed E-state index contributed by atoms with van der Waals surface area (Å²) in [7, 11) is 0. The van der Waals surface area contributed by atoms with Crippen LogP contribution in [0.4, 0.5) is 0 Å². The normalized spacial score (nSPS) is 17.3. The maximum atomic E-state index is 8.33. The molecule has 1 aliphatic heterocycles. The molecule has 6 rings (SSSR count). The van der Waals surface area contributed by atoms with E-state index < -0.39 is 0 Å². The van der Waals surface area contributed by atoms with E-state index in [4.69, 9.17) is 16.1 Å². The van der Waals surface area contributed by atoms with Crippen molar-refractivity contribution in [2.45, 2.75) is 18.4 Å². The van der Waals surface area contributed by atoms with E-state index in [0.29, 0.717) is 5.71 Å². The molecule has 42 heavy (non-hydrogen) atoms. The van der Waals surface area contributed by atoms with Crippen LogP contribution in [-0.4, -0.2) is 11.5 Å². The Hall–Kier alpha value is -5.10. The topological polar surface area (TPSA) is 86.3 Å². The van der Waals surface area contributed by atoms with Gasteiger partial charge in [0.2, 0.25) is 0 Å². The van der Waals surface area contributed by atoms with Crippen LogP contribution in [-0.2, 0) is 0 Å². The van der Waals surface area contributed by atoms with Gasteiger partial charge in [-0.1, -0.05) is 146 Å². The van der Waals surface area contributed by atoms with Crippen molar-refractivity contribution in [1.82, 2.24) is 10.6 Å². The Morgan fingerprint density at radius 1 is 0.714 bits per heavy atom. The molecule has 0 amide bonds. The van der Waals surface area contributed by atoms with E-state index in [0.717, 1.165) is 44.8 Å². The number of rotatable bonds is 8. The van der Waals surface area contributed by atoms with Crippen LogP contribution >= 0.6 is 0 Å². The zero-order valence-corrected chi connectivity index (χ0v) is 23.2. The number of benzene rings is 5. The van der Waals surface area contributed by atoms with Gasteiger partial charge in [-0.25, -0.2) is 4.99 Å². The highest BCUT2D eigenvalue weighted by Crippen LogP contribution is 2.33. The number of nitrogens with two attached hydrogens (primary N) is 1. The quantitative estimate of drug-likeness (QED) is 0.154. The molecule has 5 N–H and O–H groups in total. The third-order valence-corrected chi connectivity index (χ3v) is 7.46. The standard InChI is InChI=1S/C37H33N5/c38-33(27-12-4-1-5-13-27)24-25-34(39)28-22-20-26(21-23-28)31-18-10-11-19-32(31)37-41-35(29-14-6-2-7-15-29)40-36(42-37)30-16-8-3-9-17-30/h1-25,34-35,37-38,41H,39H2,(H,40,42)/b25-24-,38-33?. The van der Waals surface area contributed by atoms with Crippen LogP contribution in [0.2, 0.25) is 0 Å². The molecule has 3 atom stereocenters. The summed E-state index contributed by atoms with van der Waals surface area (Å²) in [5.74, 6) is 0.859. The van der Waals surface area contributed by atoms with Gasteiger partial charge in [-0.2, -0.15) is 0 Å². The zero-order valence-electron chi connectivity index (χ0n) is 23.2. The molecule has 1 heterocycles. The van der Waals surface area contributed by atoms with Crippen LogP contribution in [0.3, 0.4) is 0 Å². The molecule has 0 spiro atoms. The Labute approximate surface area is 247 Å². The molecule has 0 saturated carbocycles. The lowest BCUT2D eigenvalue weighted by Gasteiger charge is -2.33. The molecule has 0 saturated heterocycles. The van der Waals surface area contributed by atoms with E-state index in [1.54, 1.807) is 6.08 Å². The average Bonchev–Trinajstić information content (AvgIpc) is 3.08. The summed E-state index contributed by atoms with van der Waals surface area (Å²) >= 11 is 0. The average molecular weight is 548 g/mol. The zero-order chi connectivity index (χ0) is 28.7. The SMILES string of the molecule is N=C(/C=C\C(N)c1ccc(-c2ccccc2C2N=C(c3ccccc3)NC(c3ccccc3)N2)cc1)c1ccccc1. The first kappa shape index (κ1) is 27.1. The van der Waals surface area contributed by atoms with Crippen LogP contribution in [0.5, 0.6) is 0 Å². The molecule has 5 aromatic rings. The van der Waals surface area contributed by atoms with Gasteiger partial charge in [0.25, 0.3) is 0 Å². The van der Waals surface area contributed by atoms with E-state index in [1.807, 2.05) is 60.7 Å². The number of nitrogens with one attached hydrogen (secondary N) is 3. The van der Waals surface area contributed by atoms with Gasteiger partial charge in [0.05, 0.1) is 5.71 Å². The Bertz CT molecular complexity index is 1690. The summed E-state index contributed by atoms with van der Waals surface area (Å²) in [6, 6.07) is 46.8. The molecule has 0 radical (unpaired) electrons. The molecular weight excluding hydrogens is 514 g/mol. The molecular formula is C37H33N5. The van der Waals surface area contributed by atoms with Crippen LogP contribution in [0.1, 0.15) is 46.2 Å². The smallest absolute Gasteiger partial charge is 0.131 e. The summed E-state index contributed by atoms with van der Waals surface area (Å²) in [6.07, 6.45) is 3.30. The van der Waals surface area contributed by atoms with Crippen molar-refractivity contribution in [3.8, 4) is 11.1 Å². The minimum Gasteiger partial charge on any atom is -0.350 e. The van der Waals surface area contributed by atoms with Gasteiger partial charge in [-0.3, -0.25) is 5.32 Å². The van der Waals surface area contributed by atoms with Gasteiger partial charge in [-0.05, 0) is 39.5 Å². The lowest BCUT2D eigenvalue weighted by atomic mass is 9.95. The van der Waals surface area contributed by atoms with E-state index in [9.17, 15) is 0 Å². The van der Waals surface area contributed by atoms with E-state index in [2.05, 4.69) is 95.6 Å². The number of hydrogen-bond donors (Lipinski definition) is 4. The highest BCUT2D eigenvalue weighted by molar-refractivity contribution is 6.06. The summed E-state index contributed by atoms with van der Waals surface area (Å²) in [5.41, 5.74) is 14.3. The van der Waals surface area contributed by atoms with Crippen molar-refractivity contribution in [3.05, 3.63) is 179 Å². The molecule has 3 unspecified atom stereocenters. The summed E-state index contributed by atoms with van der Waals surface area (Å²) < 4.78 is 0. The first-order valence-electron chi connectivity index (χ1n) is 14.1. The highest BCUT2D eigenvalue weighted by atomic mass is 15.3. The lowest BCUT2D eigenvalue weighted by molar-refractivity contribution is 0.409. The second-order valence-electron chi connectivity index (χ2n) is 10.3. The van der Waals surface area contributed by atoms with Gasteiger partial charge >= 0.3 is 0 Å². The van der Waals surface area contributed by atoms with Crippen LogP contribution < -0.4 is 16.4 Å². The van der Waals surface area contributed by atoms with E-state index in [1.165, 1.54) is 0 Å². The number of amidine groups is 1. The molecule has 0 aliphatic carbocycles. The largest absolute Gasteiger partial charge is 0.350 e. The Morgan fingerprint density at radius 3 is 2.05 bits per heavy atom. The maximum Gasteiger partial charge on any atom is 0.131 e. The third kappa shape index (κ3) is 6.13. The Kier molecular flexibility index (Phi) is 8.13. The Morgan fingerprint density at radius 2 is 1.33 bits per heavy atom. The monoisotopic (exact) mass is 547 g/mol. The highest BCUT2D eigenvalue weighted by Gasteiger charge is 2.26. The van der Waals surface area contributed by atoms with Gasteiger partial charge < -0.3 is 16.5 Å². The van der Waals surface area contributed by atoms with Crippen molar-refractivity contribution >= 4 is 11.5 Å². The van der Waals surface area contributed by atoms with Gasteiger partial charge in [-0.15, -0.1) is 0 Å². The molecule has 0 bridgehead atoms. The molecule has 5 heteroatoms. The lowest BCUT2D eigenvalue weighted by Crippen LogP contribution is -2.45. The Balaban J connectivity index is 1.28. The molecule has 5 aromatic carbocycles. The number of hydrogen-bond acceptors (Lipinski definition) is 5. The van der Waals surface area contributed by atoms with Crippen molar-refractivity contribution in [3.63, 3.8) is 0 Å². The number of aliphatic imine (C=N–C) groups is 1. The first-order valence-corrected chi connectivity index (χ1v) is 14.1. The predicted octanol–water partition coefficient (Wildman–Crippen LogP) is 7.31. The number of nitrogens with zero attached hydrogens (tertiary/aromatic N) is 1. The second kappa shape index (κ2) is 12.6. The minimum absolute atomic E-state index is 0.0984. The minimum atomic E-state index is -0.311. The summed E-state index contributed by atoms with van der Waals surface area (Å²) in [4.78, 5) is 5.14. The van der Waals surface area contributed by atoms with Crippen molar-refractivity contribution in [2.24, 2.45) is 10.7 Å². The third-order valence-electron chi connectivity index (χ3n) is 7.46. The first-order chi connectivity index (χ1) is 20.7. The van der Waals surface area contributed by atoms with Gasteiger partial charge in [0.1, 0.15) is 18.2 Å². The summed E-state index contributed by atoms with van der Waals surface area (Å²) in [6.45, 7) is 0. The van der Waals surface area contributed by atoms with Crippen molar-refractivity contribution < 1.29 is 0 Å². The maximum absolute atomic E-state index is 8.33. The molecule has 0 aromatic heterocycles. The molecule has 0 fully saturated rings. The van der Waals surface area contributed by atoms with Crippen LogP contribution in [0, 0.1) is 5.41 Å². The van der Waals surface area contributed by atoms with Crippen LogP contribution in [0.15, 0.2) is 157 Å². The van der Waals surface area contributed by atoms with Gasteiger partial charge in [0.15, 0.2) is 0 Å². The van der Waals surface area contributed by atoms with Crippen LogP contribution in [0.25, 0.3) is 11.1 Å². The fourth-order valence-corrected chi connectivity index (χ4v) is 5.19. The number of allylic oxidation sites excluding steroid dienone is 1.